The van der Waals surface area contributed by atoms with Crippen LogP contribution in [0, 0.1) is 12.3 Å². The van der Waals surface area contributed by atoms with Gasteiger partial charge in [0.15, 0.2) is 0 Å². The molecule has 0 aromatic heterocycles. The van der Waals surface area contributed by atoms with Gasteiger partial charge in [-0.2, -0.15) is 0 Å². The van der Waals surface area contributed by atoms with Gasteiger partial charge in [-0.05, 0) is 25.1 Å². The molecule has 0 radical (unpaired) electrons. The smallest absolute Gasteiger partial charge is 0.254 e. The standard InChI is InChI=1S/C12H11Br2NO/c1-3-5-15(4-2)12(16)9-6-10(13)8-11(14)7-9/h1,6-8H,4-5H2,2H3. The van der Waals surface area contributed by atoms with Crippen LogP contribution in [0.15, 0.2) is 27.1 Å². The minimum absolute atomic E-state index is 0.0533. The fraction of sp³-hybridized carbons (Fsp3) is 0.250. The fourth-order valence-corrected chi connectivity index (χ4v) is 2.59. The van der Waals surface area contributed by atoms with E-state index in [4.69, 9.17) is 6.42 Å². The summed E-state index contributed by atoms with van der Waals surface area (Å²) in [4.78, 5) is 13.7. The van der Waals surface area contributed by atoms with Gasteiger partial charge < -0.3 is 4.90 Å². The molecule has 0 unspecified atom stereocenters. The van der Waals surface area contributed by atoms with Crippen LogP contribution in [0.1, 0.15) is 17.3 Å². The average molecular weight is 345 g/mol. The van der Waals surface area contributed by atoms with Gasteiger partial charge in [-0.25, -0.2) is 0 Å². The van der Waals surface area contributed by atoms with Crippen LogP contribution >= 0.6 is 31.9 Å². The minimum atomic E-state index is -0.0533. The van der Waals surface area contributed by atoms with Crippen LogP contribution in [0.5, 0.6) is 0 Å². The van der Waals surface area contributed by atoms with Crippen LogP contribution in [-0.4, -0.2) is 23.9 Å². The highest BCUT2D eigenvalue weighted by molar-refractivity contribution is 9.11. The summed E-state index contributed by atoms with van der Waals surface area (Å²) in [6.45, 7) is 2.84. The SMILES string of the molecule is C#CCN(CC)C(=O)c1cc(Br)cc(Br)c1. The largest absolute Gasteiger partial charge is 0.328 e. The molecule has 4 heteroatoms. The molecular formula is C12H11Br2NO. The summed E-state index contributed by atoms with van der Waals surface area (Å²) in [6.07, 6.45) is 5.22. The van der Waals surface area contributed by atoms with Gasteiger partial charge in [0.25, 0.3) is 5.91 Å². The van der Waals surface area contributed by atoms with Crippen molar-refractivity contribution in [2.45, 2.75) is 6.92 Å². The lowest BCUT2D eigenvalue weighted by molar-refractivity contribution is 0.0785. The van der Waals surface area contributed by atoms with Crippen molar-refractivity contribution in [3.63, 3.8) is 0 Å². The molecule has 0 aliphatic carbocycles. The monoisotopic (exact) mass is 343 g/mol. The molecule has 1 aromatic rings. The van der Waals surface area contributed by atoms with Crippen molar-refractivity contribution in [1.82, 2.24) is 4.90 Å². The van der Waals surface area contributed by atoms with Crippen LogP contribution in [0.3, 0.4) is 0 Å². The van der Waals surface area contributed by atoms with Gasteiger partial charge >= 0.3 is 0 Å². The Labute approximate surface area is 112 Å². The number of benzene rings is 1. The number of carbonyl (C=O) groups is 1. The molecule has 0 aliphatic heterocycles. The van der Waals surface area contributed by atoms with Gasteiger partial charge in [-0.1, -0.05) is 37.8 Å². The lowest BCUT2D eigenvalue weighted by Gasteiger charge is -2.18. The molecule has 0 saturated heterocycles. The van der Waals surface area contributed by atoms with E-state index in [0.717, 1.165) is 8.95 Å². The van der Waals surface area contributed by atoms with E-state index in [2.05, 4.69) is 37.8 Å². The Morgan fingerprint density at radius 3 is 2.38 bits per heavy atom. The van der Waals surface area contributed by atoms with Crippen molar-refractivity contribution in [3.8, 4) is 12.3 Å². The summed E-state index contributed by atoms with van der Waals surface area (Å²) < 4.78 is 1.73. The third-order valence-electron chi connectivity index (χ3n) is 2.06. The van der Waals surface area contributed by atoms with E-state index < -0.39 is 0 Å². The van der Waals surface area contributed by atoms with Crippen LogP contribution < -0.4 is 0 Å². The van der Waals surface area contributed by atoms with Gasteiger partial charge in [0.2, 0.25) is 0 Å². The Morgan fingerprint density at radius 2 is 1.94 bits per heavy atom. The topological polar surface area (TPSA) is 20.3 Å². The van der Waals surface area contributed by atoms with E-state index in [9.17, 15) is 4.79 Å². The number of halogens is 2. The number of amides is 1. The zero-order valence-electron chi connectivity index (χ0n) is 8.84. The molecule has 1 aromatic carbocycles. The second-order valence-electron chi connectivity index (χ2n) is 3.18. The summed E-state index contributed by atoms with van der Waals surface area (Å²) in [6, 6.07) is 5.45. The maximum atomic E-state index is 12.1. The number of hydrogen-bond donors (Lipinski definition) is 0. The predicted octanol–water partition coefficient (Wildman–Crippen LogP) is 3.31. The first-order valence-corrected chi connectivity index (χ1v) is 6.36. The van der Waals surface area contributed by atoms with Crippen LogP contribution in [-0.2, 0) is 0 Å². The highest BCUT2D eigenvalue weighted by Gasteiger charge is 2.13. The lowest BCUT2D eigenvalue weighted by Crippen LogP contribution is -2.31. The van der Waals surface area contributed by atoms with Gasteiger partial charge in [0, 0.05) is 21.1 Å². The van der Waals surface area contributed by atoms with Gasteiger partial charge in [-0.3, -0.25) is 4.79 Å². The van der Waals surface area contributed by atoms with E-state index >= 15 is 0 Å². The fourth-order valence-electron chi connectivity index (χ4n) is 1.30. The molecule has 0 atom stereocenters. The van der Waals surface area contributed by atoms with E-state index in [-0.39, 0.29) is 5.91 Å². The third-order valence-corrected chi connectivity index (χ3v) is 2.98. The molecule has 1 rings (SSSR count). The first kappa shape index (κ1) is 13.3. The second kappa shape index (κ2) is 6.07. The van der Waals surface area contributed by atoms with Gasteiger partial charge in [-0.15, -0.1) is 6.42 Å². The van der Waals surface area contributed by atoms with E-state index in [1.54, 1.807) is 17.0 Å². The van der Waals surface area contributed by atoms with Crippen LogP contribution in [0.4, 0.5) is 0 Å². The summed E-state index contributed by atoms with van der Waals surface area (Å²) in [7, 11) is 0. The zero-order chi connectivity index (χ0) is 12.1. The zero-order valence-corrected chi connectivity index (χ0v) is 12.0. The molecule has 84 valence electrons. The molecule has 16 heavy (non-hydrogen) atoms. The maximum Gasteiger partial charge on any atom is 0.254 e. The predicted molar refractivity (Wildman–Crippen MR) is 72.3 cm³/mol. The van der Waals surface area contributed by atoms with Crippen LogP contribution in [0.2, 0.25) is 0 Å². The molecule has 0 N–H and O–H groups in total. The molecule has 0 saturated carbocycles. The van der Waals surface area contributed by atoms with Crippen molar-refractivity contribution in [2.24, 2.45) is 0 Å². The van der Waals surface area contributed by atoms with Crippen molar-refractivity contribution in [1.29, 1.82) is 0 Å². The Kier molecular flexibility index (Phi) is 5.04. The number of rotatable bonds is 3. The maximum absolute atomic E-state index is 12.1. The van der Waals surface area contributed by atoms with Gasteiger partial charge in [0.05, 0.1) is 6.54 Å². The van der Waals surface area contributed by atoms with Crippen LogP contribution in [0.25, 0.3) is 0 Å². The number of nitrogens with zero attached hydrogens (tertiary/aromatic N) is 1. The molecule has 0 spiro atoms. The minimum Gasteiger partial charge on any atom is -0.328 e. The quantitative estimate of drug-likeness (QED) is 0.770. The first-order valence-electron chi connectivity index (χ1n) is 4.77. The Morgan fingerprint density at radius 1 is 1.38 bits per heavy atom. The lowest BCUT2D eigenvalue weighted by atomic mass is 10.2. The van der Waals surface area contributed by atoms with Crippen molar-refractivity contribution >= 4 is 37.8 Å². The summed E-state index contributed by atoms with van der Waals surface area (Å²) in [5, 5.41) is 0. The van der Waals surface area contributed by atoms with Gasteiger partial charge in [0.1, 0.15) is 0 Å². The first-order chi connectivity index (χ1) is 7.58. The summed E-state index contributed by atoms with van der Waals surface area (Å²) in [5.74, 6) is 2.43. The molecule has 0 fully saturated rings. The molecular weight excluding hydrogens is 334 g/mol. The molecule has 0 bridgehead atoms. The number of hydrogen-bond acceptors (Lipinski definition) is 1. The highest BCUT2D eigenvalue weighted by Crippen LogP contribution is 2.21. The normalized spacial score (nSPS) is 9.62. The molecule has 0 aliphatic rings. The summed E-state index contributed by atoms with van der Waals surface area (Å²) >= 11 is 6.70. The van der Waals surface area contributed by atoms with E-state index in [1.807, 2.05) is 13.0 Å². The molecule has 2 nitrogen and oxygen atoms in total. The summed E-state index contributed by atoms with van der Waals surface area (Å²) in [5.41, 5.74) is 0.623. The average Bonchev–Trinajstić information content (AvgIpc) is 2.23. The molecule has 0 heterocycles. The van der Waals surface area contributed by atoms with E-state index in [0.29, 0.717) is 18.7 Å². The van der Waals surface area contributed by atoms with E-state index in [1.165, 1.54) is 0 Å². The molecule has 1 amide bonds. The number of terminal acetylenes is 1. The Bertz CT molecular complexity index is 417. The third kappa shape index (κ3) is 3.36. The second-order valence-corrected chi connectivity index (χ2v) is 5.01. The van der Waals surface area contributed by atoms with Crippen molar-refractivity contribution in [2.75, 3.05) is 13.1 Å². The number of carbonyl (C=O) groups excluding carboxylic acids is 1. The Balaban J connectivity index is 2.99. The Hall–Kier alpha value is -0.790. The van der Waals surface area contributed by atoms with Crippen molar-refractivity contribution in [3.05, 3.63) is 32.7 Å². The van der Waals surface area contributed by atoms with Crippen molar-refractivity contribution < 1.29 is 4.79 Å². The highest BCUT2D eigenvalue weighted by atomic mass is 79.9.